The average molecular weight is 185 g/mol. The second-order valence-electron chi connectivity index (χ2n) is 4.12. The van der Waals surface area contributed by atoms with E-state index in [9.17, 15) is 9.90 Å². The van der Waals surface area contributed by atoms with Crippen molar-refractivity contribution in [1.29, 1.82) is 0 Å². The summed E-state index contributed by atoms with van der Waals surface area (Å²) in [4.78, 5) is 13.1. The Bertz CT molecular complexity index is 201. The van der Waals surface area contributed by atoms with Crippen LogP contribution in [-0.4, -0.2) is 27.7 Å². The predicted octanol–water partition coefficient (Wildman–Crippen LogP) is 1.51. The molecule has 0 aliphatic carbocycles. The van der Waals surface area contributed by atoms with E-state index in [1.807, 2.05) is 6.92 Å². The van der Waals surface area contributed by atoms with Gasteiger partial charge in [-0.15, -0.1) is 0 Å². The van der Waals surface area contributed by atoms with Crippen LogP contribution in [0.25, 0.3) is 0 Å². The molecule has 0 saturated carbocycles. The molecule has 1 saturated heterocycles. The van der Waals surface area contributed by atoms with Gasteiger partial charge in [-0.3, -0.25) is 4.79 Å². The van der Waals surface area contributed by atoms with E-state index in [1.54, 1.807) is 11.8 Å². The molecule has 0 aromatic carbocycles. The fourth-order valence-corrected chi connectivity index (χ4v) is 2.12. The highest BCUT2D eigenvalue weighted by atomic mass is 16.3. The quantitative estimate of drug-likeness (QED) is 0.724. The minimum Gasteiger partial charge on any atom is -0.371 e. The molecule has 3 heteroatoms. The number of amides is 1. The van der Waals surface area contributed by atoms with E-state index in [0.717, 1.165) is 12.8 Å². The van der Waals surface area contributed by atoms with Crippen LogP contribution in [0, 0.1) is 0 Å². The van der Waals surface area contributed by atoms with Crippen LogP contribution in [0.15, 0.2) is 0 Å². The Morgan fingerprint density at radius 2 is 2.31 bits per heavy atom. The van der Waals surface area contributed by atoms with Gasteiger partial charge in [-0.1, -0.05) is 13.3 Å². The van der Waals surface area contributed by atoms with Crippen LogP contribution in [0.4, 0.5) is 0 Å². The molecule has 1 heterocycles. The van der Waals surface area contributed by atoms with Gasteiger partial charge >= 0.3 is 0 Å². The van der Waals surface area contributed by atoms with Gasteiger partial charge in [0.15, 0.2) is 0 Å². The molecule has 0 aromatic heterocycles. The number of hydrogen-bond acceptors (Lipinski definition) is 2. The normalized spacial score (nSPS) is 31.1. The fraction of sp³-hybridized carbons (Fsp3) is 0.900. The number of carbonyl (C=O) groups is 1. The maximum Gasteiger partial charge on any atom is 0.225 e. The standard InChI is InChI=1S/C10H19NO2/c1-4-5-8(2)11-9(12)6-7-10(11,3)13/h8,13H,4-7H2,1-3H3. The zero-order valence-corrected chi connectivity index (χ0v) is 8.71. The van der Waals surface area contributed by atoms with Crippen LogP contribution in [0.2, 0.25) is 0 Å². The highest BCUT2D eigenvalue weighted by Crippen LogP contribution is 2.30. The molecule has 13 heavy (non-hydrogen) atoms. The van der Waals surface area contributed by atoms with Gasteiger partial charge in [0.25, 0.3) is 0 Å². The van der Waals surface area contributed by atoms with Gasteiger partial charge in [-0.05, 0) is 20.3 Å². The fourth-order valence-electron chi connectivity index (χ4n) is 2.12. The van der Waals surface area contributed by atoms with Crippen LogP contribution in [0.3, 0.4) is 0 Å². The van der Waals surface area contributed by atoms with E-state index in [1.165, 1.54) is 0 Å². The minimum absolute atomic E-state index is 0.0888. The maximum atomic E-state index is 11.5. The van der Waals surface area contributed by atoms with Gasteiger partial charge in [0.2, 0.25) is 5.91 Å². The van der Waals surface area contributed by atoms with Crippen LogP contribution < -0.4 is 0 Å². The SMILES string of the molecule is CCCC(C)N1C(=O)CCC1(C)O. The molecule has 2 unspecified atom stereocenters. The van der Waals surface area contributed by atoms with Crippen molar-refractivity contribution in [3.8, 4) is 0 Å². The molecule has 1 amide bonds. The van der Waals surface area contributed by atoms with Gasteiger partial charge < -0.3 is 10.0 Å². The molecule has 1 rings (SSSR count). The summed E-state index contributed by atoms with van der Waals surface area (Å²) in [5, 5.41) is 9.93. The second kappa shape index (κ2) is 3.66. The molecule has 76 valence electrons. The monoisotopic (exact) mass is 185 g/mol. The summed E-state index contributed by atoms with van der Waals surface area (Å²) in [5.74, 6) is 0.0888. The summed E-state index contributed by atoms with van der Waals surface area (Å²) in [6, 6.07) is 0.162. The van der Waals surface area contributed by atoms with Crippen molar-refractivity contribution in [2.45, 2.75) is 58.2 Å². The molecular formula is C10H19NO2. The zero-order chi connectivity index (χ0) is 10.1. The Hall–Kier alpha value is -0.570. The van der Waals surface area contributed by atoms with Gasteiger partial charge in [-0.25, -0.2) is 0 Å². The summed E-state index contributed by atoms with van der Waals surface area (Å²) >= 11 is 0. The number of likely N-dealkylation sites (tertiary alicyclic amines) is 1. The van der Waals surface area contributed by atoms with Crippen LogP contribution >= 0.6 is 0 Å². The van der Waals surface area contributed by atoms with E-state index in [4.69, 9.17) is 0 Å². The van der Waals surface area contributed by atoms with Gasteiger partial charge in [0, 0.05) is 18.9 Å². The van der Waals surface area contributed by atoms with Crippen LogP contribution in [0.5, 0.6) is 0 Å². The van der Waals surface area contributed by atoms with E-state index in [2.05, 4.69) is 6.92 Å². The molecule has 0 radical (unpaired) electrons. The van der Waals surface area contributed by atoms with E-state index < -0.39 is 5.72 Å². The predicted molar refractivity (Wildman–Crippen MR) is 51.1 cm³/mol. The third-order valence-electron chi connectivity index (χ3n) is 2.75. The average Bonchev–Trinajstić information content (AvgIpc) is 2.26. The third-order valence-corrected chi connectivity index (χ3v) is 2.75. The first-order chi connectivity index (χ1) is 5.99. The Balaban J connectivity index is 2.70. The summed E-state index contributed by atoms with van der Waals surface area (Å²) in [7, 11) is 0. The van der Waals surface area contributed by atoms with E-state index in [0.29, 0.717) is 12.8 Å². The van der Waals surface area contributed by atoms with Crippen molar-refractivity contribution >= 4 is 5.91 Å². The highest BCUT2D eigenvalue weighted by molar-refractivity contribution is 5.79. The van der Waals surface area contributed by atoms with E-state index in [-0.39, 0.29) is 11.9 Å². The summed E-state index contributed by atoms with van der Waals surface area (Å²) < 4.78 is 0. The second-order valence-corrected chi connectivity index (χ2v) is 4.12. The molecule has 1 fully saturated rings. The van der Waals surface area contributed by atoms with Crippen LogP contribution in [0.1, 0.15) is 46.5 Å². The minimum atomic E-state index is -0.911. The first-order valence-corrected chi connectivity index (χ1v) is 5.03. The Morgan fingerprint density at radius 3 is 2.69 bits per heavy atom. The first kappa shape index (κ1) is 10.5. The molecule has 1 aliphatic rings. The summed E-state index contributed by atoms with van der Waals surface area (Å²) in [5.41, 5.74) is -0.911. The molecule has 1 aliphatic heterocycles. The molecule has 3 nitrogen and oxygen atoms in total. The van der Waals surface area contributed by atoms with Crippen molar-refractivity contribution in [1.82, 2.24) is 4.90 Å². The lowest BCUT2D eigenvalue weighted by atomic mass is 10.1. The third kappa shape index (κ3) is 2.02. The van der Waals surface area contributed by atoms with Crippen molar-refractivity contribution in [3.05, 3.63) is 0 Å². The lowest BCUT2D eigenvalue weighted by Crippen LogP contribution is -2.48. The van der Waals surface area contributed by atoms with Gasteiger partial charge in [0.05, 0.1) is 0 Å². The molecule has 1 N–H and O–H groups in total. The van der Waals surface area contributed by atoms with Crippen molar-refractivity contribution in [3.63, 3.8) is 0 Å². The number of rotatable bonds is 3. The molecule has 2 atom stereocenters. The summed E-state index contributed by atoms with van der Waals surface area (Å²) in [6.07, 6.45) is 3.06. The molecule has 0 bridgehead atoms. The largest absolute Gasteiger partial charge is 0.371 e. The van der Waals surface area contributed by atoms with Gasteiger partial charge in [0.1, 0.15) is 5.72 Å². The van der Waals surface area contributed by atoms with Gasteiger partial charge in [-0.2, -0.15) is 0 Å². The Morgan fingerprint density at radius 1 is 1.69 bits per heavy atom. The first-order valence-electron chi connectivity index (χ1n) is 5.03. The zero-order valence-electron chi connectivity index (χ0n) is 8.71. The maximum absolute atomic E-state index is 11.5. The number of aliphatic hydroxyl groups is 1. The van der Waals surface area contributed by atoms with E-state index >= 15 is 0 Å². The van der Waals surface area contributed by atoms with Crippen molar-refractivity contribution in [2.24, 2.45) is 0 Å². The lowest BCUT2D eigenvalue weighted by Gasteiger charge is -2.35. The summed E-state index contributed by atoms with van der Waals surface area (Å²) in [6.45, 7) is 5.82. The molecule has 0 aromatic rings. The smallest absolute Gasteiger partial charge is 0.225 e. The van der Waals surface area contributed by atoms with Crippen LogP contribution in [-0.2, 0) is 4.79 Å². The number of carbonyl (C=O) groups excluding carboxylic acids is 1. The number of nitrogens with zero attached hydrogens (tertiary/aromatic N) is 1. The topological polar surface area (TPSA) is 40.5 Å². The number of hydrogen-bond donors (Lipinski definition) is 1. The highest BCUT2D eigenvalue weighted by Gasteiger charge is 2.41. The Kier molecular flexibility index (Phi) is 2.96. The van der Waals surface area contributed by atoms with Crippen molar-refractivity contribution < 1.29 is 9.90 Å². The molecular weight excluding hydrogens is 166 g/mol. The lowest BCUT2D eigenvalue weighted by molar-refractivity contribution is -0.147. The Labute approximate surface area is 79.7 Å². The molecule has 0 spiro atoms. The van der Waals surface area contributed by atoms with Crippen molar-refractivity contribution in [2.75, 3.05) is 0 Å².